The third-order valence-electron chi connectivity index (χ3n) is 9.54. The van der Waals surface area contributed by atoms with Crippen LogP contribution in [0.5, 0.6) is 11.8 Å². The fourth-order valence-electron chi connectivity index (χ4n) is 6.67. The maximum atomic E-state index is 6.07. The van der Waals surface area contributed by atoms with E-state index in [1.807, 2.05) is 24.3 Å². The molecule has 0 unspecified atom stereocenters. The minimum atomic E-state index is 0.500. The normalized spacial score (nSPS) is 15.3. The number of H-pyrrole nitrogens is 2. The summed E-state index contributed by atoms with van der Waals surface area (Å²) >= 11 is 3.42. The average molecular weight is 739 g/mol. The second-order valence-electron chi connectivity index (χ2n) is 13.2. The molecule has 14 heteroatoms. The van der Waals surface area contributed by atoms with Crippen molar-refractivity contribution in [3.05, 3.63) is 61.2 Å². The molecule has 0 bridgehead atoms. The maximum Gasteiger partial charge on any atom is 0.245 e. The molecule has 0 saturated heterocycles. The van der Waals surface area contributed by atoms with Crippen molar-refractivity contribution in [2.24, 2.45) is 11.8 Å². The Balaban J connectivity index is 0.000000162. The van der Waals surface area contributed by atoms with Gasteiger partial charge in [0.25, 0.3) is 0 Å². The molecule has 0 atom stereocenters. The van der Waals surface area contributed by atoms with E-state index >= 15 is 0 Å². The van der Waals surface area contributed by atoms with Crippen LogP contribution in [0, 0.1) is 11.8 Å². The second kappa shape index (κ2) is 17.8. The van der Waals surface area contributed by atoms with Crippen molar-refractivity contribution < 1.29 is 9.47 Å². The van der Waals surface area contributed by atoms with Crippen molar-refractivity contribution in [1.29, 1.82) is 0 Å². The van der Waals surface area contributed by atoms with Crippen molar-refractivity contribution in [3.8, 4) is 11.8 Å². The molecule has 2 aromatic carbocycles. The van der Waals surface area contributed by atoms with Crippen LogP contribution in [0.3, 0.4) is 0 Å². The fourth-order valence-corrected chi connectivity index (χ4v) is 7.54. The first kappa shape index (κ1) is 35.8. The molecule has 0 aliphatic heterocycles. The second-order valence-corrected chi connectivity index (χ2v) is 15.0. The largest absolute Gasteiger partial charge is 0.476 e. The van der Waals surface area contributed by atoms with E-state index in [1.54, 1.807) is 36.2 Å². The standard InChI is InChI=1S/2C19H23N5OS/c1-26-15-9-5-8-14(10-15)22-19-23-17-16(20-12-21-17)18(24-19)25-11-13-6-3-2-4-7-13;1-26-15-9-7-14(8-10-15)22-19-23-17-16(20-12-21-17)18(24-19)25-11-13-5-3-2-4-6-13/h5,8-10,12-13H,2-4,6-7,11H2,1H3,(H2,20,21,22,23,24);7-10,12-13H,2-6,11H2,1H3,(H2,20,21,22,23,24). The number of benzene rings is 2. The van der Waals surface area contributed by atoms with E-state index in [1.165, 1.54) is 74.0 Å². The lowest BCUT2D eigenvalue weighted by atomic mass is 9.90. The number of ether oxygens (including phenoxy) is 2. The molecule has 52 heavy (non-hydrogen) atoms. The van der Waals surface area contributed by atoms with Crippen molar-refractivity contribution in [2.75, 3.05) is 36.4 Å². The third-order valence-corrected chi connectivity index (χ3v) is 11.0. The van der Waals surface area contributed by atoms with Gasteiger partial charge < -0.3 is 30.1 Å². The van der Waals surface area contributed by atoms with Gasteiger partial charge in [0.2, 0.25) is 23.7 Å². The average Bonchev–Trinajstić information content (AvgIpc) is 3.88. The number of aromatic amines is 2. The number of fused-ring (bicyclic) bond motifs is 2. The zero-order chi connectivity index (χ0) is 35.5. The van der Waals surface area contributed by atoms with Crippen LogP contribution in [-0.4, -0.2) is 65.6 Å². The highest BCUT2D eigenvalue weighted by Crippen LogP contribution is 2.30. The van der Waals surface area contributed by atoms with E-state index < -0.39 is 0 Å². The number of anilines is 4. The van der Waals surface area contributed by atoms with Gasteiger partial charge in [0.15, 0.2) is 11.3 Å². The summed E-state index contributed by atoms with van der Waals surface area (Å²) in [6.07, 6.45) is 20.2. The summed E-state index contributed by atoms with van der Waals surface area (Å²) in [5, 5.41) is 6.52. The van der Waals surface area contributed by atoms with Crippen molar-refractivity contribution >= 4 is 69.1 Å². The number of aromatic nitrogens is 8. The summed E-state index contributed by atoms with van der Waals surface area (Å²) in [4.78, 5) is 35.3. The van der Waals surface area contributed by atoms with Gasteiger partial charge in [-0.2, -0.15) is 19.9 Å². The quantitative estimate of drug-likeness (QED) is 0.0885. The van der Waals surface area contributed by atoms with Gasteiger partial charge in [-0.15, -0.1) is 23.5 Å². The van der Waals surface area contributed by atoms with Crippen molar-refractivity contribution in [1.82, 2.24) is 39.9 Å². The number of imidazole rings is 2. The minimum absolute atomic E-state index is 0.500. The van der Waals surface area contributed by atoms with Crippen LogP contribution in [0.1, 0.15) is 64.2 Å². The van der Waals surface area contributed by atoms with Crippen LogP contribution in [0.2, 0.25) is 0 Å². The fraction of sp³-hybridized carbons (Fsp3) is 0.421. The molecule has 4 heterocycles. The van der Waals surface area contributed by atoms with E-state index in [9.17, 15) is 0 Å². The monoisotopic (exact) mass is 738 g/mol. The van der Waals surface area contributed by atoms with E-state index in [4.69, 9.17) is 9.47 Å². The molecule has 4 aromatic heterocycles. The van der Waals surface area contributed by atoms with Gasteiger partial charge in [-0.3, -0.25) is 0 Å². The van der Waals surface area contributed by atoms with E-state index in [0.717, 1.165) is 22.4 Å². The molecule has 2 fully saturated rings. The van der Waals surface area contributed by atoms with Crippen molar-refractivity contribution in [2.45, 2.75) is 74.0 Å². The Bertz CT molecular complexity index is 2020. The van der Waals surface area contributed by atoms with Crippen LogP contribution >= 0.6 is 23.5 Å². The molecular formula is C38H46N10O2S2. The molecule has 272 valence electrons. The molecule has 2 aliphatic rings. The van der Waals surface area contributed by atoms with Crippen LogP contribution in [0.15, 0.2) is 71.0 Å². The number of nitrogens with zero attached hydrogens (tertiary/aromatic N) is 6. The van der Waals surface area contributed by atoms with Gasteiger partial charge in [-0.1, -0.05) is 44.6 Å². The Hall–Kier alpha value is -4.56. The third kappa shape index (κ3) is 9.45. The minimum Gasteiger partial charge on any atom is -0.476 e. The van der Waals surface area contributed by atoms with E-state index in [-0.39, 0.29) is 0 Å². The summed E-state index contributed by atoms with van der Waals surface area (Å²) in [5.41, 5.74) is 4.62. The van der Waals surface area contributed by atoms with Gasteiger partial charge in [-0.25, -0.2) is 9.97 Å². The highest BCUT2D eigenvalue weighted by atomic mass is 32.2. The summed E-state index contributed by atoms with van der Waals surface area (Å²) < 4.78 is 12.1. The highest BCUT2D eigenvalue weighted by molar-refractivity contribution is 7.98. The smallest absolute Gasteiger partial charge is 0.245 e. The molecule has 0 radical (unpaired) electrons. The molecule has 6 aromatic rings. The maximum absolute atomic E-state index is 6.07. The van der Waals surface area contributed by atoms with Crippen LogP contribution in [-0.2, 0) is 0 Å². The first-order valence-corrected chi connectivity index (χ1v) is 20.6. The Morgan fingerprint density at radius 3 is 1.65 bits per heavy atom. The first-order valence-electron chi connectivity index (χ1n) is 18.1. The van der Waals surface area contributed by atoms with Gasteiger partial charge >= 0.3 is 0 Å². The van der Waals surface area contributed by atoms with E-state index in [2.05, 4.69) is 87.3 Å². The zero-order valence-corrected chi connectivity index (χ0v) is 31.4. The molecule has 2 saturated carbocycles. The highest BCUT2D eigenvalue weighted by Gasteiger charge is 2.19. The summed E-state index contributed by atoms with van der Waals surface area (Å²) in [5.74, 6) is 3.38. The van der Waals surface area contributed by atoms with Crippen LogP contribution < -0.4 is 20.1 Å². The summed E-state index contributed by atoms with van der Waals surface area (Å²) in [7, 11) is 0. The predicted molar refractivity (Wildman–Crippen MR) is 211 cm³/mol. The summed E-state index contributed by atoms with van der Waals surface area (Å²) in [6, 6.07) is 16.3. The molecule has 4 N–H and O–H groups in total. The molecule has 8 rings (SSSR count). The number of nitrogens with one attached hydrogen (secondary N) is 4. The lowest BCUT2D eigenvalue weighted by molar-refractivity contribution is 0.204. The molecular weight excluding hydrogens is 693 g/mol. The Kier molecular flexibility index (Phi) is 12.2. The van der Waals surface area contributed by atoms with Gasteiger partial charge in [-0.05, 0) is 92.5 Å². The Morgan fingerprint density at radius 1 is 0.615 bits per heavy atom. The first-order chi connectivity index (χ1) is 25.6. The van der Waals surface area contributed by atoms with Gasteiger partial charge in [0, 0.05) is 21.2 Å². The van der Waals surface area contributed by atoms with Gasteiger partial charge in [0.05, 0.1) is 25.9 Å². The SMILES string of the molecule is CSc1ccc(Nc2nc(OCC3CCCCC3)c3[nH]cnc3n2)cc1.CSc1cccc(Nc2nc(OCC3CCCCC3)c3[nH]cnc3n2)c1. The lowest BCUT2D eigenvalue weighted by Gasteiger charge is -2.21. The summed E-state index contributed by atoms with van der Waals surface area (Å²) in [6.45, 7) is 1.40. The van der Waals surface area contributed by atoms with Crippen molar-refractivity contribution in [3.63, 3.8) is 0 Å². The molecule has 0 spiro atoms. The molecule has 0 amide bonds. The number of rotatable bonds is 12. The number of hydrogen-bond donors (Lipinski definition) is 4. The Labute approximate surface area is 312 Å². The molecule has 2 aliphatic carbocycles. The zero-order valence-electron chi connectivity index (χ0n) is 29.7. The topological polar surface area (TPSA) is 151 Å². The number of hydrogen-bond acceptors (Lipinski definition) is 12. The van der Waals surface area contributed by atoms with Crippen LogP contribution in [0.4, 0.5) is 23.3 Å². The van der Waals surface area contributed by atoms with Crippen LogP contribution in [0.25, 0.3) is 22.3 Å². The molecule has 12 nitrogen and oxygen atoms in total. The number of thioether (sulfide) groups is 2. The lowest BCUT2D eigenvalue weighted by Crippen LogP contribution is -2.16. The Morgan fingerprint density at radius 2 is 1.13 bits per heavy atom. The predicted octanol–water partition coefficient (Wildman–Crippen LogP) is 9.55. The van der Waals surface area contributed by atoms with Gasteiger partial charge in [0.1, 0.15) is 11.0 Å². The van der Waals surface area contributed by atoms with E-state index in [0.29, 0.717) is 60.0 Å².